The number of anilines is 1. The van der Waals surface area contributed by atoms with Gasteiger partial charge in [0, 0.05) is 18.7 Å². The van der Waals surface area contributed by atoms with Gasteiger partial charge < -0.3 is 4.74 Å². The maximum absolute atomic E-state index is 13.9. The zero-order valence-corrected chi connectivity index (χ0v) is 24.3. The Morgan fingerprint density at radius 3 is 2.33 bits per heavy atom. The molecule has 4 aromatic rings. The first-order valence-corrected chi connectivity index (χ1v) is 15.3. The first-order valence-electron chi connectivity index (χ1n) is 13.1. The predicted octanol–water partition coefficient (Wildman–Crippen LogP) is 6.13. The normalized spacial score (nSPS) is 18.3. The van der Waals surface area contributed by atoms with Gasteiger partial charge in [-0.1, -0.05) is 61.6 Å². The number of nitrogens with zero attached hydrogens (tertiary/aromatic N) is 3. The lowest BCUT2D eigenvalue weighted by Crippen LogP contribution is -2.42. The van der Waals surface area contributed by atoms with E-state index in [1.165, 1.54) is 11.3 Å². The van der Waals surface area contributed by atoms with Crippen molar-refractivity contribution in [3.63, 3.8) is 0 Å². The lowest BCUT2D eigenvalue weighted by atomic mass is 9.94. The van der Waals surface area contributed by atoms with Crippen LogP contribution in [0.15, 0.2) is 71.6 Å². The van der Waals surface area contributed by atoms with Gasteiger partial charge in [-0.15, -0.1) is 0 Å². The molecule has 1 aromatic heterocycles. The molecule has 39 heavy (non-hydrogen) atoms. The number of amides is 1. The topological polar surface area (TPSA) is 79.8 Å². The molecule has 1 saturated heterocycles. The average Bonchev–Trinajstić information content (AvgIpc) is 3.38. The Hall–Kier alpha value is -3.27. The first-order chi connectivity index (χ1) is 18.7. The number of piperidine rings is 1. The molecule has 0 N–H and O–H groups in total. The number of hydrogen-bond acceptors (Lipinski definition) is 6. The molecule has 7 nitrogen and oxygen atoms in total. The number of ether oxygens (including phenoxy) is 1. The monoisotopic (exact) mass is 563 g/mol. The Morgan fingerprint density at radius 2 is 1.69 bits per heavy atom. The quantitative estimate of drug-likeness (QED) is 0.270. The summed E-state index contributed by atoms with van der Waals surface area (Å²) < 4.78 is 34.8. The molecule has 1 aliphatic rings. The molecule has 5 rings (SSSR count). The molecule has 1 aliphatic heterocycles. The second-order valence-corrected chi connectivity index (χ2v) is 13.3. The van der Waals surface area contributed by atoms with Crippen molar-refractivity contribution in [2.24, 2.45) is 11.8 Å². The number of aromatic nitrogens is 1. The molecule has 0 bridgehead atoms. The standard InChI is InChI=1S/C30H33N3O4S2/c1-20-16-21(2)18-32(17-20)39(35,36)25-13-11-24(12-14-25)29(34)33(19-23-8-6-5-7-9-23)30-31-27-26(37-4)15-10-22(3)28(27)38-30/h5-15,20-21H,16-19H2,1-4H3. The molecule has 2 atom stereocenters. The van der Waals surface area contributed by atoms with Gasteiger partial charge in [0.25, 0.3) is 5.91 Å². The summed E-state index contributed by atoms with van der Waals surface area (Å²) in [6, 6.07) is 19.9. The Labute approximate surface area is 234 Å². The number of aryl methyl sites for hydroxylation is 1. The maximum atomic E-state index is 13.9. The van der Waals surface area contributed by atoms with Crippen LogP contribution < -0.4 is 9.64 Å². The Bertz CT molecular complexity index is 1570. The fourth-order valence-corrected chi connectivity index (χ4v) is 7.98. The van der Waals surface area contributed by atoms with Crippen molar-refractivity contribution in [2.45, 2.75) is 38.6 Å². The van der Waals surface area contributed by atoms with Gasteiger partial charge in [0.2, 0.25) is 10.0 Å². The molecule has 0 aliphatic carbocycles. The second-order valence-electron chi connectivity index (χ2n) is 10.4. The van der Waals surface area contributed by atoms with Crippen molar-refractivity contribution < 1.29 is 17.9 Å². The zero-order chi connectivity index (χ0) is 27.7. The molecular formula is C30H33N3O4S2. The van der Waals surface area contributed by atoms with Crippen molar-refractivity contribution in [3.8, 4) is 5.75 Å². The number of benzene rings is 3. The zero-order valence-electron chi connectivity index (χ0n) is 22.6. The minimum Gasteiger partial charge on any atom is -0.494 e. The van der Waals surface area contributed by atoms with E-state index in [-0.39, 0.29) is 10.8 Å². The third-order valence-electron chi connectivity index (χ3n) is 7.15. The SMILES string of the molecule is COc1ccc(C)c2sc(N(Cc3ccccc3)C(=O)c3ccc(S(=O)(=O)N4CC(C)CC(C)C4)cc3)nc12. The second kappa shape index (κ2) is 11.1. The van der Waals surface area contributed by atoms with Crippen LogP contribution in [0.25, 0.3) is 10.2 Å². The largest absolute Gasteiger partial charge is 0.494 e. The molecule has 2 heterocycles. The van der Waals surface area contributed by atoms with Gasteiger partial charge in [0.05, 0.1) is 23.2 Å². The molecule has 3 aromatic carbocycles. The Balaban J connectivity index is 1.49. The van der Waals surface area contributed by atoms with Crippen LogP contribution in [0, 0.1) is 18.8 Å². The maximum Gasteiger partial charge on any atom is 0.260 e. The molecule has 0 radical (unpaired) electrons. The highest BCUT2D eigenvalue weighted by Crippen LogP contribution is 2.37. The van der Waals surface area contributed by atoms with Gasteiger partial charge in [0.1, 0.15) is 11.3 Å². The van der Waals surface area contributed by atoms with Gasteiger partial charge in [-0.2, -0.15) is 4.31 Å². The lowest BCUT2D eigenvalue weighted by molar-refractivity contribution is 0.0985. The first kappa shape index (κ1) is 27.3. The third kappa shape index (κ3) is 5.57. The van der Waals surface area contributed by atoms with E-state index in [4.69, 9.17) is 9.72 Å². The number of thiazole rings is 1. The third-order valence-corrected chi connectivity index (χ3v) is 10.2. The molecule has 1 amide bonds. The molecule has 0 spiro atoms. The van der Waals surface area contributed by atoms with Crippen LogP contribution in [0.1, 0.15) is 41.8 Å². The summed E-state index contributed by atoms with van der Waals surface area (Å²) in [5.74, 6) is 1.03. The summed E-state index contributed by atoms with van der Waals surface area (Å²) in [5, 5.41) is 0.555. The van der Waals surface area contributed by atoms with E-state index < -0.39 is 10.0 Å². The summed E-state index contributed by atoms with van der Waals surface area (Å²) in [6.45, 7) is 7.53. The van der Waals surface area contributed by atoms with Crippen LogP contribution in [-0.2, 0) is 16.6 Å². The van der Waals surface area contributed by atoms with Crippen LogP contribution in [0.4, 0.5) is 5.13 Å². The Morgan fingerprint density at radius 1 is 1.03 bits per heavy atom. The summed E-state index contributed by atoms with van der Waals surface area (Å²) in [7, 11) is -2.03. The number of carbonyl (C=O) groups is 1. The van der Waals surface area contributed by atoms with Crippen molar-refractivity contribution in [3.05, 3.63) is 83.4 Å². The van der Waals surface area contributed by atoms with Crippen LogP contribution in [0.5, 0.6) is 5.75 Å². The van der Waals surface area contributed by atoms with E-state index in [2.05, 4.69) is 13.8 Å². The summed E-state index contributed by atoms with van der Waals surface area (Å²) in [5.41, 5.74) is 3.13. The van der Waals surface area contributed by atoms with Crippen molar-refractivity contribution >= 4 is 42.6 Å². The van der Waals surface area contributed by atoms with Gasteiger partial charge in [0.15, 0.2) is 5.13 Å². The molecular weight excluding hydrogens is 530 g/mol. The number of hydrogen-bond donors (Lipinski definition) is 0. The van der Waals surface area contributed by atoms with E-state index >= 15 is 0 Å². The van der Waals surface area contributed by atoms with E-state index in [1.54, 1.807) is 40.6 Å². The predicted molar refractivity (Wildman–Crippen MR) is 156 cm³/mol. The molecule has 204 valence electrons. The van der Waals surface area contributed by atoms with E-state index in [0.29, 0.717) is 47.9 Å². The van der Waals surface area contributed by atoms with Gasteiger partial charge in [-0.05, 0) is 66.6 Å². The molecule has 9 heteroatoms. The summed E-state index contributed by atoms with van der Waals surface area (Å²) in [4.78, 5) is 20.6. The molecule has 2 unspecified atom stereocenters. The summed E-state index contributed by atoms with van der Waals surface area (Å²) in [6.07, 6.45) is 1.02. The van der Waals surface area contributed by atoms with E-state index in [9.17, 15) is 13.2 Å². The summed E-state index contributed by atoms with van der Waals surface area (Å²) >= 11 is 1.44. The van der Waals surface area contributed by atoms with Crippen LogP contribution >= 0.6 is 11.3 Å². The number of rotatable bonds is 7. The fraction of sp³-hybridized carbons (Fsp3) is 0.333. The smallest absolute Gasteiger partial charge is 0.260 e. The minimum atomic E-state index is -3.64. The van der Waals surface area contributed by atoms with Crippen LogP contribution in [0.2, 0.25) is 0 Å². The van der Waals surface area contributed by atoms with Gasteiger partial charge in [-0.25, -0.2) is 13.4 Å². The number of sulfonamides is 1. The van der Waals surface area contributed by atoms with Crippen molar-refractivity contribution in [1.82, 2.24) is 9.29 Å². The number of fused-ring (bicyclic) bond motifs is 1. The highest BCUT2D eigenvalue weighted by Gasteiger charge is 2.32. The minimum absolute atomic E-state index is 0.204. The van der Waals surface area contributed by atoms with Crippen LogP contribution in [-0.4, -0.2) is 43.8 Å². The average molecular weight is 564 g/mol. The fourth-order valence-electron chi connectivity index (χ4n) is 5.25. The van der Waals surface area contributed by atoms with Crippen LogP contribution in [0.3, 0.4) is 0 Å². The number of methoxy groups -OCH3 is 1. The van der Waals surface area contributed by atoms with Crippen molar-refractivity contribution in [2.75, 3.05) is 25.1 Å². The molecule has 0 saturated carbocycles. The van der Waals surface area contributed by atoms with Gasteiger partial charge in [-0.3, -0.25) is 9.69 Å². The highest BCUT2D eigenvalue weighted by molar-refractivity contribution is 7.89. The van der Waals surface area contributed by atoms with Crippen molar-refractivity contribution in [1.29, 1.82) is 0 Å². The van der Waals surface area contributed by atoms with E-state index in [0.717, 1.165) is 27.8 Å². The number of carbonyl (C=O) groups excluding carboxylic acids is 1. The van der Waals surface area contributed by atoms with E-state index in [1.807, 2.05) is 49.4 Å². The van der Waals surface area contributed by atoms with Gasteiger partial charge >= 0.3 is 0 Å². The lowest BCUT2D eigenvalue weighted by Gasteiger charge is -2.34. The molecule has 1 fully saturated rings. The Kier molecular flexibility index (Phi) is 7.75. The highest BCUT2D eigenvalue weighted by atomic mass is 32.2.